The van der Waals surface area contributed by atoms with Gasteiger partial charge in [-0.3, -0.25) is 0 Å². The van der Waals surface area contributed by atoms with E-state index in [1.54, 1.807) is 0 Å². The number of aromatic nitrogens is 1. The van der Waals surface area contributed by atoms with Crippen molar-refractivity contribution in [2.45, 2.75) is 27.7 Å². The molecule has 0 spiro atoms. The Hall–Kier alpha value is -2.45. The van der Waals surface area contributed by atoms with Crippen molar-refractivity contribution in [3.63, 3.8) is 0 Å². The third-order valence-corrected chi connectivity index (χ3v) is 4.68. The van der Waals surface area contributed by atoms with Gasteiger partial charge >= 0.3 is 0 Å². The summed E-state index contributed by atoms with van der Waals surface area (Å²) < 4.78 is 5.27. The Balaban J connectivity index is 0.00000126. The number of hydrogen-bond donors (Lipinski definition) is 3. The smallest absolute Gasteiger partial charge is 0.157 e. The number of rotatable bonds is 4. The van der Waals surface area contributed by atoms with E-state index in [4.69, 9.17) is 27.7 Å². The lowest BCUT2D eigenvalue weighted by Crippen LogP contribution is -2.47. The van der Waals surface area contributed by atoms with Crippen LogP contribution in [0.25, 0.3) is 0 Å². The average molecular weight is 394 g/mol. The van der Waals surface area contributed by atoms with Crippen LogP contribution in [0, 0.1) is 13.8 Å². The Labute approximate surface area is 165 Å². The minimum absolute atomic E-state index is 0.315. The molecule has 148 valence electrons. The molecule has 0 unspecified atom stereocenters. The number of nitrogens with zero attached hydrogens (tertiary/aromatic N) is 4. The van der Waals surface area contributed by atoms with Crippen LogP contribution in [0.3, 0.4) is 0 Å². The molecule has 27 heavy (non-hydrogen) atoms. The maximum absolute atomic E-state index is 6.40. The molecule has 5 N–H and O–H groups in total. The predicted octanol–water partition coefficient (Wildman–Crippen LogP) is 2.38. The number of nitrogens with one attached hydrogen (secondary N) is 1. The Morgan fingerprint density at radius 2 is 1.81 bits per heavy atom. The van der Waals surface area contributed by atoms with Gasteiger partial charge < -0.3 is 20.1 Å². The summed E-state index contributed by atoms with van der Waals surface area (Å²) in [5, 5.41) is 8.53. The topological polar surface area (TPSA) is 109 Å². The standard InChI is InChI=1S/C16H22ClN7O.C2H6/c1-10-15(11(2)25-21-10)24-7-5-23(6-8-24)14-9-12(3-4-13(14)17)16(18)20-22-19;1-2/h3-4,9,22H,5-8,19H2,1-2H3,(H2,18,20);1-2H3. The normalized spacial score (nSPS) is 14.7. The fraction of sp³-hybridized carbons (Fsp3) is 0.444. The van der Waals surface area contributed by atoms with Crippen LogP contribution in [0.4, 0.5) is 11.4 Å². The van der Waals surface area contributed by atoms with Crippen LogP contribution in [-0.2, 0) is 0 Å². The van der Waals surface area contributed by atoms with E-state index in [0.29, 0.717) is 10.9 Å². The van der Waals surface area contributed by atoms with Gasteiger partial charge in [0.15, 0.2) is 11.6 Å². The van der Waals surface area contributed by atoms with Gasteiger partial charge in [0.05, 0.1) is 10.7 Å². The number of aryl methyl sites for hydroxylation is 2. The number of anilines is 2. The van der Waals surface area contributed by atoms with Crippen LogP contribution < -0.4 is 26.9 Å². The Kier molecular flexibility index (Phi) is 7.32. The molecule has 0 atom stereocenters. The Morgan fingerprint density at radius 1 is 1.19 bits per heavy atom. The molecule has 0 amide bonds. The molecule has 1 aliphatic rings. The second-order valence-electron chi connectivity index (χ2n) is 5.94. The van der Waals surface area contributed by atoms with Crippen LogP contribution in [0.2, 0.25) is 5.02 Å². The number of piperazine rings is 1. The molecule has 8 nitrogen and oxygen atoms in total. The van der Waals surface area contributed by atoms with Gasteiger partial charge in [0.1, 0.15) is 11.4 Å². The van der Waals surface area contributed by atoms with Crippen LogP contribution in [-0.4, -0.2) is 37.2 Å². The van der Waals surface area contributed by atoms with Gasteiger partial charge in [-0.25, -0.2) is 11.4 Å². The summed E-state index contributed by atoms with van der Waals surface area (Å²) in [5.41, 5.74) is 11.8. The second-order valence-corrected chi connectivity index (χ2v) is 6.35. The molecule has 2 heterocycles. The van der Waals surface area contributed by atoms with E-state index in [1.165, 1.54) is 0 Å². The number of benzene rings is 1. The van der Waals surface area contributed by atoms with Gasteiger partial charge in [0, 0.05) is 31.7 Å². The van der Waals surface area contributed by atoms with Gasteiger partial charge in [-0.1, -0.05) is 30.6 Å². The number of hydrazine groups is 1. The van der Waals surface area contributed by atoms with Crippen molar-refractivity contribution < 1.29 is 4.52 Å². The lowest BCUT2D eigenvalue weighted by molar-refractivity contribution is 0.393. The van der Waals surface area contributed by atoms with E-state index in [0.717, 1.165) is 54.6 Å². The van der Waals surface area contributed by atoms with E-state index in [1.807, 2.05) is 45.9 Å². The highest BCUT2D eigenvalue weighted by molar-refractivity contribution is 6.33. The monoisotopic (exact) mass is 393 g/mol. The zero-order valence-corrected chi connectivity index (χ0v) is 17.0. The van der Waals surface area contributed by atoms with Crippen molar-refractivity contribution in [2.24, 2.45) is 16.7 Å². The molecule has 2 aromatic rings. The largest absolute Gasteiger partial charge is 0.382 e. The molecule has 0 bridgehead atoms. The highest BCUT2D eigenvalue weighted by Crippen LogP contribution is 2.30. The SMILES string of the molecule is CC.Cc1noc(C)c1N1CCN(c2cc(/C(N)=N/NN)ccc2Cl)CC1. The lowest BCUT2D eigenvalue weighted by atomic mass is 10.1. The highest BCUT2D eigenvalue weighted by atomic mass is 35.5. The molecule has 1 saturated heterocycles. The first kappa shape index (κ1) is 20.9. The molecule has 1 aromatic heterocycles. The first-order valence-corrected chi connectivity index (χ1v) is 9.40. The van der Waals surface area contributed by atoms with Crippen molar-refractivity contribution in [3.05, 3.63) is 40.2 Å². The highest BCUT2D eigenvalue weighted by Gasteiger charge is 2.23. The number of halogens is 1. The number of hydrogen-bond acceptors (Lipinski definition) is 7. The average Bonchev–Trinajstić information content (AvgIpc) is 3.02. The maximum Gasteiger partial charge on any atom is 0.157 e. The molecule has 1 fully saturated rings. The van der Waals surface area contributed by atoms with Gasteiger partial charge in [-0.15, -0.1) is 5.10 Å². The van der Waals surface area contributed by atoms with Crippen molar-refractivity contribution in [1.29, 1.82) is 0 Å². The molecular formula is C18H28ClN7O. The lowest BCUT2D eigenvalue weighted by Gasteiger charge is -2.37. The quantitative estimate of drug-likeness (QED) is 0.316. The molecule has 3 rings (SSSR count). The second kappa shape index (κ2) is 9.48. The van der Waals surface area contributed by atoms with Crippen molar-refractivity contribution in [1.82, 2.24) is 10.7 Å². The van der Waals surface area contributed by atoms with Gasteiger partial charge in [-0.2, -0.15) is 0 Å². The Bertz CT molecular complexity index is 763. The zero-order valence-electron chi connectivity index (χ0n) is 16.3. The van der Waals surface area contributed by atoms with Crippen LogP contribution >= 0.6 is 11.6 Å². The van der Waals surface area contributed by atoms with Crippen molar-refractivity contribution in [2.75, 3.05) is 36.0 Å². The van der Waals surface area contributed by atoms with E-state index in [9.17, 15) is 0 Å². The minimum atomic E-state index is 0.315. The van der Waals surface area contributed by atoms with Gasteiger partial charge in [0.2, 0.25) is 0 Å². The van der Waals surface area contributed by atoms with E-state index >= 15 is 0 Å². The molecular weight excluding hydrogens is 366 g/mol. The molecule has 9 heteroatoms. The third-order valence-electron chi connectivity index (χ3n) is 4.36. The molecule has 0 radical (unpaired) electrons. The first-order chi connectivity index (χ1) is 13.0. The summed E-state index contributed by atoms with van der Waals surface area (Å²) in [4.78, 5) is 4.53. The summed E-state index contributed by atoms with van der Waals surface area (Å²) in [6, 6.07) is 5.58. The summed E-state index contributed by atoms with van der Waals surface area (Å²) >= 11 is 6.40. The first-order valence-electron chi connectivity index (χ1n) is 9.02. The van der Waals surface area contributed by atoms with Crippen molar-refractivity contribution in [3.8, 4) is 0 Å². The van der Waals surface area contributed by atoms with Crippen LogP contribution in [0.15, 0.2) is 27.8 Å². The fourth-order valence-electron chi connectivity index (χ4n) is 3.15. The van der Waals surface area contributed by atoms with E-state index in [2.05, 4.69) is 25.6 Å². The maximum atomic E-state index is 6.40. The summed E-state index contributed by atoms with van der Waals surface area (Å²) in [6.07, 6.45) is 0. The number of amidine groups is 1. The molecule has 0 aliphatic carbocycles. The predicted molar refractivity (Wildman–Crippen MR) is 111 cm³/mol. The van der Waals surface area contributed by atoms with Gasteiger partial charge in [0.25, 0.3) is 0 Å². The number of hydrazone groups is 1. The van der Waals surface area contributed by atoms with Crippen LogP contribution in [0.1, 0.15) is 30.9 Å². The van der Waals surface area contributed by atoms with Crippen molar-refractivity contribution >= 4 is 28.8 Å². The summed E-state index contributed by atoms with van der Waals surface area (Å²) in [7, 11) is 0. The minimum Gasteiger partial charge on any atom is -0.382 e. The molecule has 1 aromatic carbocycles. The zero-order chi connectivity index (χ0) is 20.0. The number of nitrogens with two attached hydrogens (primary N) is 2. The van der Waals surface area contributed by atoms with E-state index < -0.39 is 0 Å². The van der Waals surface area contributed by atoms with E-state index in [-0.39, 0.29) is 0 Å². The van der Waals surface area contributed by atoms with Crippen LogP contribution in [0.5, 0.6) is 0 Å². The molecule has 0 saturated carbocycles. The Morgan fingerprint density at radius 3 is 2.37 bits per heavy atom. The van der Waals surface area contributed by atoms with Gasteiger partial charge in [-0.05, 0) is 32.0 Å². The fourth-order valence-corrected chi connectivity index (χ4v) is 3.39. The summed E-state index contributed by atoms with van der Waals surface area (Å²) in [6.45, 7) is 11.3. The molecule has 1 aliphatic heterocycles. The third kappa shape index (κ3) is 4.64. The summed E-state index contributed by atoms with van der Waals surface area (Å²) in [5.74, 6) is 6.36.